The lowest BCUT2D eigenvalue weighted by molar-refractivity contribution is 0.275. The maximum Gasteiger partial charge on any atom is 0.357 e. The molecule has 1 unspecified atom stereocenters. The highest BCUT2D eigenvalue weighted by molar-refractivity contribution is 6.33. The summed E-state index contributed by atoms with van der Waals surface area (Å²) in [5, 5.41) is 11.2. The molecular formula is C27H28ClFN6O2. The Hall–Kier alpha value is -3.56. The number of nitrogens with zero attached hydrogens (tertiary/aromatic N) is 6. The third kappa shape index (κ3) is 4.42. The van der Waals surface area contributed by atoms with Crippen molar-refractivity contribution in [2.45, 2.75) is 32.7 Å². The van der Waals surface area contributed by atoms with Crippen LogP contribution in [0.5, 0.6) is 0 Å². The van der Waals surface area contributed by atoms with E-state index in [1.54, 1.807) is 18.3 Å². The number of allylic oxidation sites excluding steroid dienone is 5. The SMILES string of the molecule is C=C(C)c1cccnc1-n1c(=O)nc(N2CCN(C)CC2C)c2cc(Cl)c(C3=C(O)CCC=C3F)nc21. The van der Waals surface area contributed by atoms with Crippen LogP contribution in [-0.4, -0.2) is 62.2 Å². The van der Waals surface area contributed by atoms with Crippen LogP contribution in [0.15, 0.2) is 53.4 Å². The maximum atomic E-state index is 14.9. The van der Waals surface area contributed by atoms with E-state index >= 15 is 0 Å². The molecule has 8 nitrogen and oxygen atoms in total. The first-order chi connectivity index (χ1) is 17.7. The standard InChI is InChI=1S/C27H28ClFN6O2/c1-15(2)17-7-6-10-30-24(17)35-26-18(25(32-27(35)37)34-12-11-33(4)14-16(34)3)13-19(28)23(31-26)22-20(29)8-5-9-21(22)36/h6-8,10,13,16,36H,1,5,9,11-12,14H2,2-4H3. The van der Waals surface area contributed by atoms with E-state index in [0.717, 1.165) is 13.1 Å². The highest BCUT2D eigenvalue weighted by Crippen LogP contribution is 2.38. The molecule has 5 rings (SSSR count). The number of piperazine rings is 1. The first-order valence-electron chi connectivity index (χ1n) is 12.2. The van der Waals surface area contributed by atoms with Crippen molar-refractivity contribution in [1.29, 1.82) is 0 Å². The van der Waals surface area contributed by atoms with Crippen molar-refractivity contribution < 1.29 is 9.50 Å². The minimum Gasteiger partial charge on any atom is -0.511 e. The van der Waals surface area contributed by atoms with Gasteiger partial charge in [-0.1, -0.05) is 18.2 Å². The fourth-order valence-electron chi connectivity index (χ4n) is 5.00. The Morgan fingerprint density at radius 1 is 1.27 bits per heavy atom. The fourth-order valence-corrected chi connectivity index (χ4v) is 5.25. The van der Waals surface area contributed by atoms with Gasteiger partial charge in [0.05, 0.1) is 21.7 Å². The summed E-state index contributed by atoms with van der Waals surface area (Å²) in [6.45, 7) is 10.2. The quantitative estimate of drug-likeness (QED) is 0.520. The summed E-state index contributed by atoms with van der Waals surface area (Å²) < 4.78 is 16.2. The molecule has 0 bridgehead atoms. The van der Waals surface area contributed by atoms with Crippen LogP contribution in [0.25, 0.3) is 28.0 Å². The van der Waals surface area contributed by atoms with Gasteiger partial charge in [-0.2, -0.15) is 4.98 Å². The number of aromatic nitrogens is 4. The van der Waals surface area contributed by atoms with E-state index in [1.165, 1.54) is 10.6 Å². The second-order valence-electron chi connectivity index (χ2n) is 9.62. The van der Waals surface area contributed by atoms with Gasteiger partial charge >= 0.3 is 5.69 Å². The average molecular weight is 523 g/mol. The fraction of sp³-hybridized carbons (Fsp3) is 0.333. The van der Waals surface area contributed by atoms with Crippen molar-refractivity contribution in [3.05, 3.63) is 75.4 Å². The molecular weight excluding hydrogens is 495 g/mol. The van der Waals surface area contributed by atoms with Gasteiger partial charge in [0.15, 0.2) is 5.65 Å². The summed E-state index contributed by atoms with van der Waals surface area (Å²) in [5.41, 5.74) is 0.997. The molecule has 0 spiro atoms. The molecule has 0 amide bonds. The average Bonchev–Trinajstić information content (AvgIpc) is 2.84. The van der Waals surface area contributed by atoms with Crippen LogP contribution >= 0.6 is 11.6 Å². The number of halogens is 2. The zero-order valence-corrected chi connectivity index (χ0v) is 21.8. The molecule has 1 saturated heterocycles. The van der Waals surface area contributed by atoms with Crippen LogP contribution in [0.4, 0.5) is 10.2 Å². The summed E-state index contributed by atoms with van der Waals surface area (Å²) in [4.78, 5) is 31.6. The van der Waals surface area contributed by atoms with E-state index in [-0.39, 0.29) is 40.2 Å². The number of hydrogen-bond donors (Lipinski definition) is 1. The number of aliphatic hydroxyl groups excluding tert-OH is 1. The summed E-state index contributed by atoms with van der Waals surface area (Å²) in [6.07, 6.45) is 3.62. The van der Waals surface area contributed by atoms with E-state index in [1.807, 2.05) is 13.0 Å². The lowest BCUT2D eigenvalue weighted by Crippen LogP contribution is -2.51. The molecule has 2 aliphatic rings. The number of aliphatic hydroxyl groups is 1. The molecule has 1 aliphatic heterocycles. The Morgan fingerprint density at radius 3 is 2.76 bits per heavy atom. The predicted molar refractivity (Wildman–Crippen MR) is 145 cm³/mol. The van der Waals surface area contributed by atoms with Gasteiger partial charge in [0.1, 0.15) is 23.2 Å². The zero-order valence-electron chi connectivity index (χ0n) is 21.0. The van der Waals surface area contributed by atoms with Gasteiger partial charge in [0.2, 0.25) is 0 Å². The lowest BCUT2D eigenvalue weighted by Gasteiger charge is -2.39. The van der Waals surface area contributed by atoms with Crippen molar-refractivity contribution in [3.8, 4) is 5.82 Å². The van der Waals surface area contributed by atoms with E-state index in [2.05, 4.69) is 40.3 Å². The van der Waals surface area contributed by atoms with Crippen molar-refractivity contribution in [2.24, 2.45) is 0 Å². The molecule has 0 aromatic carbocycles. The topological polar surface area (TPSA) is 87.4 Å². The van der Waals surface area contributed by atoms with Crippen molar-refractivity contribution in [3.63, 3.8) is 0 Å². The monoisotopic (exact) mass is 522 g/mol. The van der Waals surface area contributed by atoms with Gasteiger partial charge in [-0.15, -0.1) is 0 Å². The normalized spacial score (nSPS) is 18.9. The van der Waals surface area contributed by atoms with Crippen LogP contribution < -0.4 is 10.6 Å². The van der Waals surface area contributed by atoms with Crippen LogP contribution in [0.3, 0.4) is 0 Å². The second-order valence-corrected chi connectivity index (χ2v) is 10.0. The van der Waals surface area contributed by atoms with Crippen molar-refractivity contribution >= 4 is 39.6 Å². The Bertz CT molecular complexity index is 1550. The molecule has 0 saturated carbocycles. The predicted octanol–water partition coefficient (Wildman–Crippen LogP) is 4.92. The van der Waals surface area contributed by atoms with E-state index in [0.29, 0.717) is 41.1 Å². The molecule has 0 radical (unpaired) electrons. The molecule has 10 heteroatoms. The molecule has 37 heavy (non-hydrogen) atoms. The third-order valence-electron chi connectivity index (χ3n) is 6.83. The Labute approximate surface area is 219 Å². The highest BCUT2D eigenvalue weighted by Gasteiger charge is 2.29. The second kappa shape index (κ2) is 9.72. The van der Waals surface area contributed by atoms with Crippen LogP contribution in [0.2, 0.25) is 5.02 Å². The largest absolute Gasteiger partial charge is 0.511 e. The zero-order chi connectivity index (χ0) is 26.4. The number of fused-ring (bicyclic) bond motifs is 1. The Morgan fingerprint density at radius 2 is 2.05 bits per heavy atom. The molecule has 1 N–H and O–H groups in total. The first kappa shape index (κ1) is 25.1. The van der Waals surface area contributed by atoms with Gasteiger partial charge in [-0.05, 0) is 57.2 Å². The number of anilines is 1. The van der Waals surface area contributed by atoms with Crippen molar-refractivity contribution in [1.82, 2.24) is 24.4 Å². The van der Waals surface area contributed by atoms with E-state index in [9.17, 15) is 14.3 Å². The molecule has 3 aromatic heterocycles. The molecule has 1 fully saturated rings. The first-order valence-corrected chi connectivity index (χ1v) is 12.5. The minimum atomic E-state index is -0.603. The Kier molecular flexibility index (Phi) is 6.59. The molecule has 3 aromatic rings. The molecule has 4 heterocycles. The minimum absolute atomic E-state index is 0.0599. The van der Waals surface area contributed by atoms with Gasteiger partial charge < -0.3 is 14.9 Å². The maximum absolute atomic E-state index is 14.9. The number of likely N-dealkylation sites (N-methyl/N-ethyl adjacent to an activating group) is 1. The van der Waals surface area contributed by atoms with Crippen LogP contribution in [-0.2, 0) is 0 Å². The smallest absolute Gasteiger partial charge is 0.357 e. The molecule has 1 atom stereocenters. The summed E-state index contributed by atoms with van der Waals surface area (Å²) in [6, 6.07) is 5.30. The third-order valence-corrected chi connectivity index (χ3v) is 7.12. The Balaban J connectivity index is 1.86. The molecule has 192 valence electrons. The number of pyridine rings is 2. The summed E-state index contributed by atoms with van der Waals surface area (Å²) in [5.74, 6) is 0.0384. The van der Waals surface area contributed by atoms with Crippen LogP contribution in [0.1, 0.15) is 37.9 Å². The molecule has 1 aliphatic carbocycles. The van der Waals surface area contributed by atoms with Gasteiger partial charge in [-0.3, -0.25) is 0 Å². The lowest BCUT2D eigenvalue weighted by atomic mass is 10.00. The summed E-state index contributed by atoms with van der Waals surface area (Å²) in [7, 11) is 2.05. The van der Waals surface area contributed by atoms with E-state index in [4.69, 9.17) is 16.6 Å². The van der Waals surface area contributed by atoms with Gasteiger partial charge in [0, 0.05) is 43.9 Å². The van der Waals surface area contributed by atoms with Crippen molar-refractivity contribution in [2.75, 3.05) is 31.6 Å². The highest BCUT2D eigenvalue weighted by atomic mass is 35.5. The number of rotatable bonds is 4. The van der Waals surface area contributed by atoms with Gasteiger partial charge in [0.25, 0.3) is 0 Å². The summed E-state index contributed by atoms with van der Waals surface area (Å²) >= 11 is 6.68. The van der Waals surface area contributed by atoms with Crippen LogP contribution in [0, 0.1) is 0 Å². The van der Waals surface area contributed by atoms with Gasteiger partial charge in [-0.25, -0.2) is 23.7 Å². The number of hydrogen-bond acceptors (Lipinski definition) is 7. The van der Waals surface area contributed by atoms with E-state index < -0.39 is 11.5 Å².